The van der Waals surface area contributed by atoms with E-state index in [2.05, 4.69) is 12.2 Å². The number of carbonyl (C=O) groups is 1. The van der Waals surface area contributed by atoms with Crippen molar-refractivity contribution in [2.24, 2.45) is 0 Å². The number of carbonyl (C=O) groups excluding carboxylic acids is 1. The average Bonchev–Trinajstić information content (AvgIpc) is 2.37. The lowest BCUT2D eigenvalue weighted by atomic mass is 10.2. The zero-order chi connectivity index (χ0) is 14.4. The third-order valence-electron chi connectivity index (χ3n) is 2.53. The highest BCUT2D eigenvalue weighted by atomic mass is 35.5. The van der Waals surface area contributed by atoms with Crippen LogP contribution in [0.15, 0.2) is 12.1 Å². The molecule has 1 amide bonds. The Morgan fingerprint density at radius 2 is 2.05 bits per heavy atom. The Balaban J connectivity index is 2.83. The highest BCUT2D eigenvalue weighted by Crippen LogP contribution is 2.32. The van der Waals surface area contributed by atoms with E-state index in [0.717, 1.165) is 25.3 Å². The molecule has 1 rings (SSSR count). The van der Waals surface area contributed by atoms with Crippen LogP contribution in [0.1, 0.15) is 36.5 Å². The predicted molar refractivity (Wildman–Crippen MR) is 75.0 cm³/mol. The van der Waals surface area contributed by atoms with Crippen molar-refractivity contribution in [1.82, 2.24) is 5.32 Å². The van der Waals surface area contributed by atoms with Gasteiger partial charge in [0.1, 0.15) is 5.02 Å². The average molecular weight is 305 g/mol. The SMILES string of the molecule is CCCCCNC(=O)c1cc(Cl)c(Cl)c([N+](=O)[O-])c1. The number of amides is 1. The third-order valence-corrected chi connectivity index (χ3v) is 3.33. The summed E-state index contributed by atoms with van der Waals surface area (Å²) in [4.78, 5) is 21.9. The predicted octanol–water partition coefficient (Wildman–Crippen LogP) is 3.82. The number of nitrogens with zero attached hydrogens (tertiary/aromatic N) is 1. The number of rotatable bonds is 6. The van der Waals surface area contributed by atoms with Crippen LogP contribution in [0.25, 0.3) is 0 Å². The first-order chi connectivity index (χ1) is 8.97. The highest BCUT2D eigenvalue weighted by Gasteiger charge is 2.19. The van der Waals surface area contributed by atoms with E-state index >= 15 is 0 Å². The lowest BCUT2D eigenvalue weighted by Gasteiger charge is -2.06. The molecule has 0 unspecified atom stereocenters. The molecule has 5 nitrogen and oxygen atoms in total. The van der Waals surface area contributed by atoms with Crippen molar-refractivity contribution in [2.75, 3.05) is 6.54 Å². The molecule has 0 spiro atoms. The third kappa shape index (κ3) is 4.36. The topological polar surface area (TPSA) is 72.2 Å². The molecular weight excluding hydrogens is 291 g/mol. The number of nitro benzene ring substituents is 1. The van der Waals surface area contributed by atoms with Gasteiger partial charge < -0.3 is 5.32 Å². The number of nitrogens with one attached hydrogen (secondary N) is 1. The molecule has 0 fully saturated rings. The molecule has 7 heteroatoms. The zero-order valence-electron chi connectivity index (χ0n) is 10.4. The number of nitro groups is 1. The van der Waals surface area contributed by atoms with Crippen LogP contribution in [0.4, 0.5) is 5.69 Å². The molecule has 0 radical (unpaired) electrons. The van der Waals surface area contributed by atoms with Crippen molar-refractivity contribution < 1.29 is 9.72 Å². The number of hydrogen-bond donors (Lipinski definition) is 1. The van der Waals surface area contributed by atoms with Gasteiger partial charge >= 0.3 is 0 Å². The van der Waals surface area contributed by atoms with E-state index in [-0.39, 0.29) is 21.3 Å². The van der Waals surface area contributed by atoms with Gasteiger partial charge in [0.05, 0.1) is 9.95 Å². The Labute approximate surface area is 121 Å². The first-order valence-electron chi connectivity index (χ1n) is 5.89. The Hall–Kier alpha value is -1.33. The molecule has 0 aromatic heterocycles. The van der Waals surface area contributed by atoms with Gasteiger partial charge in [-0.25, -0.2) is 0 Å². The molecule has 19 heavy (non-hydrogen) atoms. The molecule has 1 aromatic rings. The quantitative estimate of drug-likeness (QED) is 0.493. The second-order valence-corrected chi connectivity index (χ2v) is 4.80. The molecule has 0 aliphatic rings. The fraction of sp³-hybridized carbons (Fsp3) is 0.417. The molecule has 0 bridgehead atoms. The van der Waals surface area contributed by atoms with E-state index in [1.807, 2.05) is 0 Å². The molecule has 0 saturated heterocycles. The molecule has 0 saturated carbocycles. The molecule has 0 atom stereocenters. The Morgan fingerprint density at radius 1 is 1.37 bits per heavy atom. The molecule has 0 aliphatic carbocycles. The highest BCUT2D eigenvalue weighted by molar-refractivity contribution is 6.43. The number of halogens is 2. The van der Waals surface area contributed by atoms with Crippen LogP contribution >= 0.6 is 23.2 Å². The monoisotopic (exact) mass is 304 g/mol. The van der Waals surface area contributed by atoms with Crippen LogP contribution in [-0.4, -0.2) is 17.4 Å². The maximum atomic E-state index is 11.8. The summed E-state index contributed by atoms with van der Waals surface area (Å²) in [6.07, 6.45) is 2.93. The zero-order valence-corrected chi connectivity index (χ0v) is 11.9. The van der Waals surface area contributed by atoms with E-state index in [4.69, 9.17) is 23.2 Å². The summed E-state index contributed by atoms with van der Waals surface area (Å²) in [5.41, 5.74) is -0.231. The van der Waals surface area contributed by atoms with Crippen molar-refractivity contribution in [2.45, 2.75) is 26.2 Å². The van der Waals surface area contributed by atoms with Gasteiger partial charge in [0.15, 0.2) is 0 Å². The van der Waals surface area contributed by atoms with Gasteiger partial charge in [0, 0.05) is 18.2 Å². The van der Waals surface area contributed by atoms with Crippen LogP contribution in [-0.2, 0) is 0 Å². The first kappa shape index (κ1) is 15.7. The summed E-state index contributed by atoms with van der Waals surface area (Å²) in [6.45, 7) is 2.59. The summed E-state index contributed by atoms with van der Waals surface area (Å²) < 4.78 is 0. The summed E-state index contributed by atoms with van der Waals surface area (Å²) in [5.74, 6) is -0.391. The number of benzene rings is 1. The van der Waals surface area contributed by atoms with Gasteiger partial charge in [0.25, 0.3) is 11.6 Å². The van der Waals surface area contributed by atoms with E-state index in [1.54, 1.807) is 0 Å². The van der Waals surface area contributed by atoms with Crippen LogP contribution < -0.4 is 5.32 Å². The molecule has 104 valence electrons. The minimum atomic E-state index is -0.665. The number of hydrogen-bond acceptors (Lipinski definition) is 3. The molecule has 0 heterocycles. The van der Waals surface area contributed by atoms with Crippen molar-refractivity contribution in [3.63, 3.8) is 0 Å². The van der Waals surface area contributed by atoms with Gasteiger partial charge in [-0.05, 0) is 12.5 Å². The fourth-order valence-electron chi connectivity index (χ4n) is 1.52. The van der Waals surface area contributed by atoms with Gasteiger partial charge in [-0.15, -0.1) is 0 Å². The second kappa shape index (κ2) is 7.31. The van der Waals surface area contributed by atoms with E-state index < -0.39 is 10.8 Å². The van der Waals surface area contributed by atoms with E-state index in [1.165, 1.54) is 6.07 Å². The van der Waals surface area contributed by atoms with Gasteiger partial charge in [-0.2, -0.15) is 0 Å². The van der Waals surface area contributed by atoms with Crippen molar-refractivity contribution in [3.05, 3.63) is 37.9 Å². The Kier molecular flexibility index (Phi) is 6.05. The van der Waals surface area contributed by atoms with Crippen LogP contribution in [0, 0.1) is 10.1 Å². The maximum absolute atomic E-state index is 11.8. The molecule has 1 aromatic carbocycles. The smallest absolute Gasteiger partial charge is 0.290 e. The van der Waals surface area contributed by atoms with E-state index in [9.17, 15) is 14.9 Å². The van der Waals surface area contributed by atoms with Crippen molar-refractivity contribution >= 4 is 34.8 Å². The lowest BCUT2D eigenvalue weighted by molar-refractivity contribution is -0.384. The fourth-order valence-corrected chi connectivity index (χ4v) is 1.91. The van der Waals surface area contributed by atoms with Crippen molar-refractivity contribution in [3.8, 4) is 0 Å². The van der Waals surface area contributed by atoms with Crippen molar-refractivity contribution in [1.29, 1.82) is 0 Å². The largest absolute Gasteiger partial charge is 0.352 e. The standard InChI is InChI=1S/C12H14Cl2N2O3/c1-2-3-4-5-15-12(17)8-6-9(13)11(14)10(7-8)16(18)19/h6-7H,2-5H2,1H3,(H,15,17). The van der Waals surface area contributed by atoms with Crippen LogP contribution in [0.5, 0.6) is 0 Å². The number of unbranched alkanes of at least 4 members (excludes halogenated alkanes) is 2. The summed E-state index contributed by atoms with van der Waals surface area (Å²) in [6, 6.07) is 2.45. The summed E-state index contributed by atoms with van der Waals surface area (Å²) in [7, 11) is 0. The molecule has 1 N–H and O–H groups in total. The van der Waals surface area contributed by atoms with Gasteiger partial charge in [-0.3, -0.25) is 14.9 Å². The first-order valence-corrected chi connectivity index (χ1v) is 6.64. The minimum Gasteiger partial charge on any atom is -0.352 e. The Bertz CT molecular complexity index is 492. The van der Waals surface area contributed by atoms with Gasteiger partial charge in [0.2, 0.25) is 0 Å². The second-order valence-electron chi connectivity index (χ2n) is 4.01. The van der Waals surface area contributed by atoms with Crippen LogP contribution in [0.3, 0.4) is 0 Å². The van der Waals surface area contributed by atoms with Gasteiger partial charge in [-0.1, -0.05) is 43.0 Å². The minimum absolute atomic E-state index is 0.00502. The molecular formula is C12H14Cl2N2O3. The normalized spacial score (nSPS) is 10.3. The summed E-state index contributed by atoms with van der Waals surface area (Å²) in [5, 5.41) is 13.3. The van der Waals surface area contributed by atoms with Crippen LogP contribution in [0.2, 0.25) is 10.0 Å². The molecule has 0 aliphatic heterocycles. The van der Waals surface area contributed by atoms with E-state index in [0.29, 0.717) is 6.54 Å². The maximum Gasteiger partial charge on any atom is 0.290 e. The summed E-state index contributed by atoms with van der Waals surface area (Å²) >= 11 is 11.5. The Morgan fingerprint density at radius 3 is 2.63 bits per heavy atom. The lowest BCUT2D eigenvalue weighted by Crippen LogP contribution is -2.24.